The zero-order valence-corrected chi connectivity index (χ0v) is 12.6. The molecule has 2 rings (SSSR count). The SMILES string of the molecule is Sc1cc(C2=CC=CCS2)c(S)c(S)c1S. The highest BCUT2D eigenvalue weighted by atomic mass is 32.2. The fourth-order valence-corrected chi connectivity index (χ4v) is 3.47. The van der Waals surface area contributed by atoms with Gasteiger partial charge in [0, 0.05) is 35.8 Å². The summed E-state index contributed by atoms with van der Waals surface area (Å²) < 4.78 is 0. The van der Waals surface area contributed by atoms with Gasteiger partial charge in [-0.3, -0.25) is 0 Å². The van der Waals surface area contributed by atoms with E-state index in [4.69, 9.17) is 0 Å². The Balaban J connectivity index is 2.57. The van der Waals surface area contributed by atoms with Gasteiger partial charge < -0.3 is 0 Å². The molecular weight excluding hydrogens is 292 g/mol. The lowest BCUT2D eigenvalue weighted by Crippen LogP contribution is -1.91. The maximum Gasteiger partial charge on any atom is 0.0325 e. The Morgan fingerprint density at radius 1 is 1.00 bits per heavy atom. The number of benzene rings is 1. The summed E-state index contributed by atoms with van der Waals surface area (Å²) in [6, 6.07) is 1.99. The van der Waals surface area contributed by atoms with Crippen molar-refractivity contribution < 1.29 is 0 Å². The topological polar surface area (TPSA) is 0 Å². The van der Waals surface area contributed by atoms with Crippen LogP contribution in [0.4, 0.5) is 0 Å². The molecule has 0 nitrogen and oxygen atoms in total. The predicted octanol–water partition coefficient (Wildman–Crippen LogP) is 4.49. The molecular formula is C11H10S5. The van der Waals surface area contributed by atoms with Gasteiger partial charge in [0.25, 0.3) is 0 Å². The highest BCUT2D eigenvalue weighted by Gasteiger charge is 2.13. The van der Waals surface area contributed by atoms with E-state index >= 15 is 0 Å². The molecule has 0 atom stereocenters. The van der Waals surface area contributed by atoms with Gasteiger partial charge in [-0.15, -0.1) is 62.3 Å². The molecule has 0 aromatic heterocycles. The van der Waals surface area contributed by atoms with Crippen LogP contribution in [0.2, 0.25) is 0 Å². The lowest BCUT2D eigenvalue weighted by atomic mass is 10.2. The molecule has 1 aromatic rings. The molecule has 0 fully saturated rings. The average Bonchev–Trinajstić information content (AvgIpc) is 2.32. The van der Waals surface area contributed by atoms with E-state index < -0.39 is 0 Å². The molecule has 0 bridgehead atoms. The summed E-state index contributed by atoms with van der Waals surface area (Å²) in [5.41, 5.74) is 1.07. The maximum atomic E-state index is 4.50. The number of hydrogen-bond acceptors (Lipinski definition) is 5. The van der Waals surface area contributed by atoms with Crippen LogP contribution < -0.4 is 0 Å². The highest BCUT2D eigenvalue weighted by molar-refractivity contribution is 8.08. The van der Waals surface area contributed by atoms with Gasteiger partial charge in [0.2, 0.25) is 0 Å². The smallest absolute Gasteiger partial charge is 0.0325 e. The van der Waals surface area contributed by atoms with Gasteiger partial charge in [-0.25, -0.2) is 0 Å². The number of thioether (sulfide) groups is 1. The van der Waals surface area contributed by atoms with Crippen LogP contribution in [0.15, 0.2) is 43.9 Å². The van der Waals surface area contributed by atoms with Crippen molar-refractivity contribution >= 4 is 67.2 Å². The Hall–Kier alpha value is 0.450. The summed E-state index contributed by atoms with van der Waals surface area (Å²) in [5.74, 6) is 0.992. The molecule has 0 amide bonds. The van der Waals surface area contributed by atoms with E-state index in [1.165, 1.54) is 4.91 Å². The molecule has 0 N–H and O–H groups in total. The lowest BCUT2D eigenvalue weighted by molar-refractivity contribution is 1.04. The second-order valence-corrected chi connectivity index (χ2v) is 6.14. The molecule has 0 spiro atoms. The quantitative estimate of drug-likeness (QED) is 0.555. The lowest BCUT2D eigenvalue weighted by Gasteiger charge is -2.15. The van der Waals surface area contributed by atoms with Gasteiger partial charge in [0.15, 0.2) is 0 Å². The van der Waals surface area contributed by atoms with E-state index in [2.05, 4.69) is 68.7 Å². The van der Waals surface area contributed by atoms with Gasteiger partial charge in [-0.1, -0.05) is 12.2 Å². The molecule has 84 valence electrons. The fourth-order valence-electron chi connectivity index (χ4n) is 1.39. The molecule has 1 heterocycles. The highest BCUT2D eigenvalue weighted by Crippen LogP contribution is 2.40. The van der Waals surface area contributed by atoms with E-state index in [1.807, 2.05) is 6.07 Å². The van der Waals surface area contributed by atoms with Crippen molar-refractivity contribution in [1.29, 1.82) is 0 Å². The zero-order chi connectivity index (χ0) is 11.7. The number of allylic oxidation sites excluding steroid dienone is 2. The van der Waals surface area contributed by atoms with Gasteiger partial charge in [0.1, 0.15) is 0 Å². The van der Waals surface area contributed by atoms with Crippen molar-refractivity contribution in [2.75, 3.05) is 5.75 Å². The standard InChI is InChI=1S/C11H10S5/c12-7-5-6(8-3-1-2-4-16-8)9(13)11(15)10(7)14/h1-3,5,12-15H,4H2. The van der Waals surface area contributed by atoms with Crippen molar-refractivity contribution in [1.82, 2.24) is 0 Å². The molecule has 0 unspecified atom stereocenters. The minimum absolute atomic E-state index is 0.775. The molecule has 5 heteroatoms. The maximum absolute atomic E-state index is 4.50. The first-order valence-corrected chi connectivity index (χ1v) is 7.35. The van der Waals surface area contributed by atoms with Crippen LogP contribution in [0.3, 0.4) is 0 Å². The number of rotatable bonds is 1. The first kappa shape index (κ1) is 12.9. The van der Waals surface area contributed by atoms with Crippen LogP contribution in [-0.2, 0) is 0 Å². The molecule has 16 heavy (non-hydrogen) atoms. The summed E-state index contributed by atoms with van der Waals surface area (Å²) in [4.78, 5) is 4.45. The molecule has 1 aliphatic heterocycles. The Bertz CT molecular complexity index is 488. The monoisotopic (exact) mass is 302 g/mol. The second-order valence-electron chi connectivity index (χ2n) is 3.26. The Labute approximate surface area is 122 Å². The van der Waals surface area contributed by atoms with Gasteiger partial charge in [-0.2, -0.15) is 0 Å². The van der Waals surface area contributed by atoms with Gasteiger partial charge in [-0.05, 0) is 12.1 Å². The summed E-state index contributed by atoms with van der Waals surface area (Å²) >= 11 is 19.4. The Morgan fingerprint density at radius 3 is 2.38 bits per heavy atom. The Kier molecular flexibility index (Phi) is 4.35. The van der Waals surface area contributed by atoms with Crippen LogP contribution in [0.25, 0.3) is 4.91 Å². The van der Waals surface area contributed by atoms with Crippen molar-refractivity contribution in [2.45, 2.75) is 19.6 Å². The molecule has 0 radical (unpaired) electrons. The van der Waals surface area contributed by atoms with Crippen LogP contribution in [0.1, 0.15) is 5.56 Å². The minimum Gasteiger partial charge on any atom is -0.142 e. The van der Waals surface area contributed by atoms with Crippen LogP contribution in [-0.4, -0.2) is 5.75 Å². The van der Waals surface area contributed by atoms with Crippen LogP contribution in [0.5, 0.6) is 0 Å². The van der Waals surface area contributed by atoms with E-state index in [-0.39, 0.29) is 0 Å². The first-order chi connectivity index (χ1) is 7.61. The molecule has 0 saturated heterocycles. The van der Waals surface area contributed by atoms with Gasteiger partial charge >= 0.3 is 0 Å². The van der Waals surface area contributed by atoms with Gasteiger partial charge in [0.05, 0.1) is 0 Å². The molecule has 0 aliphatic carbocycles. The van der Waals surface area contributed by atoms with E-state index in [0.717, 1.165) is 30.9 Å². The Morgan fingerprint density at radius 2 is 1.75 bits per heavy atom. The molecule has 1 aromatic carbocycles. The van der Waals surface area contributed by atoms with Crippen molar-refractivity contribution in [3.05, 3.63) is 29.9 Å². The zero-order valence-electron chi connectivity index (χ0n) is 8.21. The summed E-state index contributed by atoms with van der Waals surface area (Å²) in [7, 11) is 0. The third kappa shape index (κ3) is 2.48. The summed E-state index contributed by atoms with van der Waals surface area (Å²) in [5, 5.41) is 0. The van der Waals surface area contributed by atoms with Crippen molar-refractivity contribution in [3.8, 4) is 0 Å². The predicted molar refractivity (Wildman–Crippen MR) is 85.0 cm³/mol. The summed E-state index contributed by atoms with van der Waals surface area (Å²) in [6.45, 7) is 0. The third-order valence-corrected chi connectivity index (χ3v) is 5.50. The van der Waals surface area contributed by atoms with Crippen molar-refractivity contribution in [2.24, 2.45) is 0 Å². The summed E-state index contributed by atoms with van der Waals surface area (Å²) in [6.07, 6.45) is 6.27. The largest absolute Gasteiger partial charge is 0.142 e. The first-order valence-electron chi connectivity index (χ1n) is 4.58. The van der Waals surface area contributed by atoms with E-state index in [9.17, 15) is 0 Å². The fraction of sp³-hybridized carbons (Fsp3) is 0.0909. The second kappa shape index (κ2) is 5.40. The van der Waals surface area contributed by atoms with Crippen molar-refractivity contribution in [3.63, 3.8) is 0 Å². The molecule has 0 saturated carbocycles. The average molecular weight is 303 g/mol. The van der Waals surface area contributed by atoms with E-state index in [0.29, 0.717) is 0 Å². The third-order valence-electron chi connectivity index (χ3n) is 2.21. The number of thiol groups is 4. The van der Waals surface area contributed by atoms with Crippen LogP contribution in [0, 0.1) is 0 Å². The molecule has 1 aliphatic rings. The van der Waals surface area contributed by atoms with E-state index in [1.54, 1.807) is 11.8 Å². The van der Waals surface area contributed by atoms with Crippen LogP contribution >= 0.6 is 62.3 Å². The minimum atomic E-state index is 0.775. The normalized spacial score (nSPS) is 15.1. The number of hydrogen-bond donors (Lipinski definition) is 4.